The number of hydrogen-bond acceptors (Lipinski definition) is 2. The fourth-order valence-electron chi connectivity index (χ4n) is 1.86. The second-order valence-corrected chi connectivity index (χ2v) is 4.63. The van der Waals surface area contributed by atoms with Crippen LogP contribution in [-0.4, -0.2) is 0 Å². The summed E-state index contributed by atoms with van der Waals surface area (Å²) in [6, 6.07) is 9.47. The number of furan rings is 1. The van der Waals surface area contributed by atoms with Gasteiger partial charge in [0.2, 0.25) is 0 Å². The van der Waals surface area contributed by atoms with Crippen molar-refractivity contribution in [1.29, 1.82) is 0 Å². The molecule has 1 aromatic carbocycles. The summed E-state index contributed by atoms with van der Waals surface area (Å²) < 4.78 is 5.66. The maximum absolute atomic E-state index is 6.17. The summed E-state index contributed by atoms with van der Waals surface area (Å²) in [5, 5.41) is 0.706. The molecule has 17 heavy (non-hydrogen) atoms. The van der Waals surface area contributed by atoms with Crippen molar-refractivity contribution in [2.75, 3.05) is 0 Å². The molecule has 1 heterocycles. The van der Waals surface area contributed by atoms with Crippen molar-refractivity contribution in [2.45, 2.75) is 26.3 Å². The van der Waals surface area contributed by atoms with Crippen LogP contribution in [0.5, 0.6) is 0 Å². The van der Waals surface area contributed by atoms with Crippen molar-refractivity contribution in [2.24, 2.45) is 5.73 Å². The number of rotatable bonds is 3. The largest absolute Gasteiger partial charge is 0.464 e. The van der Waals surface area contributed by atoms with Gasteiger partial charge in [-0.05, 0) is 42.3 Å². The van der Waals surface area contributed by atoms with E-state index in [-0.39, 0.29) is 6.04 Å². The maximum Gasteiger partial charge on any atom is 0.125 e. The SMILES string of the molecule is CCc1ccc(C(N)c2cc(C)cc(Cl)c2)o1. The summed E-state index contributed by atoms with van der Waals surface area (Å²) in [6.45, 7) is 4.05. The highest BCUT2D eigenvalue weighted by Gasteiger charge is 2.13. The average Bonchev–Trinajstić information content (AvgIpc) is 2.75. The van der Waals surface area contributed by atoms with E-state index >= 15 is 0 Å². The van der Waals surface area contributed by atoms with E-state index in [1.807, 2.05) is 37.3 Å². The van der Waals surface area contributed by atoms with Crippen molar-refractivity contribution in [3.05, 3.63) is 58.0 Å². The minimum Gasteiger partial charge on any atom is -0.464 e. The quantitative estimate of drug-likeness (QED) is 0.897. The number of aryl methyl sites for hydroxylation is 2. The van der Waals surface area contributed by atoms with E-state index < -0.39 is 0 Å². The first-order chi connectivity index (χ1) is 8.10. The molecule has 0 radical (unpaired) electrons. The Morgan fingerprint density at radius 3 is 2.65 bits per heavy atom. The number of benzene rings is 1. The van der Waals surface area contributed by atoms with Crippen molar-refractivity contribution >= 4 is 11.6 Å². The summed E-state index contributed by atoms with van der Waals surface area (Å²) >= 11 is 6.03. The second-order valence-electron chi connectivity index (χ2n) is 4.20. The van der Waals surface area contributed by atoms with Gasteiger partial charge in [0.1, 0.15) is 11.5 Å². The van der Waals surface area contributed by atoms with Gasteiger partial charge < -0.3 is 10.2 Å². The van der Waals surface area contributed by atoms with Crippen LogP contribution in [0.15, 0.2) is 34.7 Å². The molecular weight excluding hydrogens is 234 g/mol. The normalized spacial score (nSPS) is 12.7. The van der Waals surface area contributed by atoms with Crippen LogP contribution in [0, 0.1) is 6.92 Å². The molecule has 1 atom stereocenters. The lowest BCUT2D eigenvalue weighted by molar-refractivity contribution is 0.454. The molecule has 0 aliphatic rings. The van der Waals surface area contributed by atoms with E-state index in [0.29, 0.717) is 5.02 Å². The molecule has 2 N–H and O–H groups in total. The zero-order valence-electron chi connectivity index (χ0n) is 10.0. The lowest BCUT2D eigenvalue weighted by atomic mass is 10.0. The Morgan fingerprint density at radius 1 is 1.29 bits per heavy atom. The molecule has 0 bridgehead atoms. The standard InChI is InChI=1S/C14H16ClNO/c1-3-12-4-5-13(17-12)14(16)10-6-9(2)7-11(15)8-10/h4-8,14H,3,16H2,1-2H3. The van der Waals surface area contributed by atoms with Crippen LogP contribution < -0.4 is 5.73 Å². The Morgan fingerprint density at radius 2 is 2.06 bits per heavy atom. The molecule has 2 nitrogen and oxygen atoms in total. The Labute approximate surface area is 106 Å². The summed E-state index contributed by atoms with van der Waals surface area (Å²) in [5.41, 5.74) is 8.25. The van der Waals surface area contributed by atoms with E-state index in [4.69, 9.17) is 21.8 Å². The maximum atomic E-state index is 6.17. The van der Waals surface area contributed by atoms with Crippen LogP contribution in [0.25, 0.3) is 0 Å². The first-order valence-electron chi connectivity index (χ1n) is 5.71. The van der Waals surface area contributed by atoms with Crippen molar-refractivity contribution < 1.29 is 4.42 Å². The zero-order valence-corrected chi connectivity index (χ0v) is 10.8. The van der Waals surface area contributed by atoms with E-state index in [0.717, 1.165) is 29.1 Å². The molecule has 0 fully saturated rings. The van der Waals surface area contributed by atoms with E-state index in [2.05, 4.69) is 6.92 Å². The van der Waals surface area contributed by atoms with E-state index in [1.54, 1.807) is 0 Å². The Bertz CT molecular complexity index is 498. The van der Waals surface area contributed by atoms with Gasteiger partial charge in [-0.15, -0.1) is 0 Å². The van der Waals surface area contributed by atoms with Crippen molar-refractivity contribution in [3.8, 4) is 0 Å². The molecule has 0 aliphatic heterocycles. The molecule has 2 rings (SSSR count). The fourth-order valence-corrected chi connectivity index (χ4v) is 2.16. The average molecular weight is 250 g/mol. The minimum atomic E-state index is -0.257. The third kappa shape index (κ3) is 2.71. The Hall–Kier alpha value is -1.25. The van der Waals surface area contributed by atoms with Crippen LogP contribution in [0.4, 0.5) is 0 Å². The van der Waals surface area contributed by atoms with Crippen LogP contribution in [0.2, 0.25) is 5.02 Å². The molecule has 1 aromatic heterocycles. The summed E-state index contributed by atoms with van der Waals surface area (Å²) in [7, 11) is 0. The monoisotopic (exact) mass is 249 g/mol. The van der Waals surface area contributed by atoms with Gasteiger partial charge in [0.05, 0.1) is 6.04 Å². The molecular formula is C14H16ClNO. The van der Waals surface area contributed by atoms with Gasteiger partial charge in [0.15, 0.2) is 0 Å². The number of nitrogens with two attached hydrogens (primary N) is 1. The molecule has 0 spiro atoms. The van der Waals surface area contributed by atoms with Gasteiger partial charge in [-0.1, -0.05) is 24.6 Å². The lowest BCUT2D eigenvalue weighted by Crippen LogP contribution is -2.11. The van der Waals surface area contributed by atoms with Crippen molar-refractivity contribution in [1.82, 2.24) is 0 Å². The van der Waals surface area contributed by atoms with Crippen LogP contribution >= 0.6 is 11.6 Å². The predicted octanol–water partition coefficient (Wildman–Crippen LogP) is 3.85. The highest BCUT2D eigenvalue weighted by molar-refractivity contribution is 6.30. The molecule has 3 heteroatoms. The fraction of sp³-hybridized carbons (Fsp3) is 0.286. The van der Waals surface area contributed by atoms with Gasteiger partial charge in [-0.2, -0.15) is 0 Å². The highest BCUT2D eigenvalue weighted by atomic mass is 35.5. The van der Waals surface area contributed by atoms with E-state index in [1.165, 1.54) is 0 Å². The smallest absolute Gasteiger partial charge is 0.125 e. The van der Waals surface area contributed by atoms with Crippen molar-refractivity contribution in [3.63, 3.8) is 0 Å². The third-order valence-electron chi connectivity index (χ3n) is 2.76. The number of halogens is 1. The van der Waals surface area contributed by atoms with Gasteiger partial charge in [0.25, 0.3) is 0 Å². The molecule has 0 saturated heterocycles. The Balaban J connectivity index is 2.32. The van der Waals surface area contributed by atoms with Gasteiger partial charge in [-0.3, -0.25) is 0 Å². The summed E-state index contributed by atoms with van der Waals surface area (Å²) in [5.74, 6) is 1.73. The predicted molar refractivity (Wildman–Crippen MR) is 70.3 cm³/mol. The molecule has 0 aliphatic carbocycles. The van der Waals surface area contributed by atoms with Gasteiger partial charge in [0, 0.05) is 11.4 Å². The zero-order chi connectivity index (χ0) is 12.4. The summed E-state index contributed by atoms with van der Waals surface area (Å²) in [4.78, 5) is 0. The first kappa shape index (κ1) is 12.2. The van der Waals surface area contributed by atoms with E-state index in [9.17, 15) is 0 Å². The molecule has 1 unspecified atom stereocenters. The molecule has 0 saturated carbocycles. The topological polar surface area (TPSA) is 39.2 Å². The van der Waals surface area contributed by atoms with Gasteiger partial charge in [-0.25, -0.2) is 0 Å². The first-order valence-corrected chi connectivity index (χ1v) is 6.09. The molecule has 0 amide bonds. The van der Waals surface area contributed by atoms with Gasteiger partial charge >= 0.3 is 0 Å². The third-order valence-corrected chi connectivity index (χ3v) is 2.98. The Kier molecular flexibility index (Phi) is 3.55. The molecule has 90 valence electrons. The highest BCUT2D eigenvalue weighted by Crippen LogP contribution is 2.25. The number of hydrogen-bond donors (Lipinski definition) is 1. The van der Waals surface area contributed by atoms with Crippen LogP contribution in [0.1, 0.15) is 35.6 Å². The summed E-state index contributed by atoms with van der Waals surface area (Å²) in [6.07, 6.45) is 0.876. The minimum absolute atomic E-state index is 0.257. The lowest BCUT2D eigenvalue weighted by Gasteiger charge is -2.10. The molecule has 2 aromatic rings. The van der Waals surface area contributed by atoms with Crippen LogP contribution in [0.3, 0.4) is 0 Å². The second kappa shape index (κ2) is 4.94. The van der Waals surface area contributed by atoms with Crippen LogP contribution in [-0.2, 0) is 6.42 Å².